The minimum atomic E-state index is -0.532. The summed E-state index contributed by atoms with van der Waals surface area (Å²) in [6.45, 7) is 5.04. The van der Waals surface area contributed by atoms with Gasteiger partial charge in [-0.1, -0.05) is 11.3 Å². The summed E-state index contributed by atoms with van der Waals surface area (Å²) in [5, 5.41) is 2.83. The Kier molecular flexibility index (Phi) is 4.61. The Morgan fingerprint density at radius 2 is 2.41 bits per heavy atom. The van der Waals surface area contributed by atoms with Crippen molar-refractivity contribution in [2.45, 2.75) is 45.1 Å². The quantitative estimate of drug-likeness (QED) is 0.862. The number of nitrogens with zero attached hydrogens (tertiary/aromatic N) is 3. The molecule has 4 heterocycles. The molecule has 1 fully saturated rings. The van der Waals surface area contributed by atoms with Crippen LogP contribution >= 0.6 is 11.3 Å². The molecule has 27 heavy (non-hydrogen) atoms. The molecule has 1 unspecified atom stereocenters. The van der Waals surface area contributed by atoms with Gasteiger partial charge in [0, 0.05) is 37.8 Å². The molecular weight excluding hydrogens is 371 g/mol. The number of aromatic nitrogens is 2. The van der Waals surface area contributed by atoms with Gasteiger partial charge in [-0.05, 0) is 25.0 Å². The molecule has 4 rings (SSSR count). The second kappa shape index (κ2) is 6.81. The third-order valence-electron chi connectivity index (χ3n) is 5.18. The second-order valence-electron chi connectivity index (χ2n) is 7.00. The van der Waals surface area contributed by atoms with Crippen molar-refractivity contribution in [1.29, 1.82) is 0 Å². The maximum absolute atomic E-state index is 14.2. The highest BCUT2D eigenvalue weighted by atomic mass is 32.1. The first-order valence-corrected chi connectivity index (χ1v) is 9.56. The van der Waals surface area contributed by atoms with E-state index in [1.807, 2.05) is 6.07 Å². The van der Waals surface area contributed by atoms with Gasteiger partial charge in [-0.2, -0.15) is 9.37 Å². The summed E-state index contributed by atoms with van der Waals surface area (Å²) in [5.41, 5.74) is 1.67. The number of hydrogen-bond donors (Lipinski definition) is 1. The minimum absolute atomic E-state index is 0.209. The summed E-state index contributed by atoms with van der Waals surface area (Å²) in [7, 11) is 1.61. The van der Waals surface area contributed by atoms with Crippen molar-refractivity contribution >= 4 is 22.4 Å². The number of halogens is 1. The van der Waals surface area contributed by atoms with E-state index in [1.165, 1.54) is 18.3 Å². The molecule has 0 aliphatic carbocycles. The third kappa shape index (κ3) is 3.19. The van der Waals surface area contributed by atoms with Crippen molar-refractivity contribution < 1.29 is 18.7 Å². The van der Waals surface area contributed by atoms with Crippen LogP contribution in [0.3, 0.4) is 0 Å². The van der Waals surface area contributed by atoms with Crippen molar-refractivity contribution in [1.82, 2.24) is 14.9 Å². The molecule has 2 aromatic heterocycles. The Bertz CT molecular complexity index is 889. The van der Waals surface area contributed by atoms with Gasteiger partial charge >= 0.3 is 0 Å². The summed E-state index contributed by atoms with van der Waals surface area (Å²) in [4.78, 5) is 21.9. The first kappa shape index (κ1) is 18.3. The lowest BCUT2D eigenvalue weighted by Crippen LogP contribution is -2.31. The molecule has 1 N–H and O–H groups in total. The lowest BCUT2D eigenvalue weighted by atomic mass is 9.91. The van der Waals surface area contributed by atoms with Crippen LogP contribution in [0.15, 0.2) is 12.3 Å². The van der Waals surface area contributed by atoms with Gasteiger partial charge in [0.2, 0.25) is 17.7 Å². The van der Waals surface area contributed by atoms with Gasteiger partial charge in [0.1, 0.15) is 5.60 Å². The Hall–Kier alpha value is -2.10. The van der Waals surface area contributed by atoms with Crippen molar-refractivity contribution in [3.63, 3.8) is 0 Å². The lowest BCUT2D eigenvalue weighted by molar-refractivity contribution is -0.114. The average molecular weight is 392 g/mol. The van der Waals surface area contributed by atoms with E-state index in [-0.39, 0.29) is 17.1 Å². The van der Waals surface area contributed by atoms with Crippen LogP contribution in [0.4, 0.5) is 9.52 Å². The number of carbonyl (C=O) groups excluding carboxylic acids is 1. The maximum atomic E-state index is 14.2. The van der Waals surface area contributed by atoms with E-state index in [9.17, 15) is 9.18 Å². The van der Waals surface area contributed by atoms with Gasteiger partial charge in [-0.25, -0.2) is 4.98 Å². The van der Waals surface area contributed by atoms with E-state index in [1.54, 1.807) is 13.3 Å². The molecule has 0 aromatic carbocycles. The normalized spacial score (nSPS) is 24.4. The zero-order valence-corrected chi connectivity index (χ0v) is 16.2. The largest absolute Gasteiger partial charge is 0.481 e. The molecule has 2 aliphatic rings. The number of likely N-dealkylation sites (tertiary alicyclic amines) is 1. The molecule has 144 valence electrons. The summed E-state index contributed by atoms with van der Waals surface area (Å²) in [6.07, 6.45) is 2.55. The lowest BCUT2D eigenvalue weighted by Gasteiger charge is -2.24. The zero-order chi connectivity index (χ0) is 19.2. The Balaban J connectivity index is 1.56. The first-order chi connectivity index (χ1) is 12.9. The molecule has 2 aliphatic heterocycles. The molecule has 2 atom stereocenters. The van der Waals surface area contributed by atoms with Gasteiger partial charge in [-0.3, -0.25) is 9.69 Å². The second-order valence-corrected chi connectivity index (χ2v) is 8.09. The number of pyridine rings is 1. The highest BCUT2D eigenvalue weighted by molar-refractivity contribution is 7.15. The predicted octanol–water partition coefficient (Wildman–Crippen LogP) is 2.66. The fourth-order valence-corrected chi connectivity index (χ4v) is 4.90. The summed E-state index contributed by atoms with van der Waals surface area (Å²) >= 11 is 1.17. The van der Waals surface area contributed by atoms with Crippen molar-refractivity contribution in [2.24, 2.45) is 0 Å². The number of thiazole rings is 1. The zero-order valence-electron chi connectivity index (χ0n) is 15.4. The highest BCUT2D eigenvalue weighted by Crippen LogP contribution is 2.47. The molecule has 7 nitrogen and oxygen atoms in total. The van der Waals surface area contributed by atoms with E-state index >= 15 is 0 Å². The van der Waals surface area contributed by atoms with Crippen LogP contribution in [0.1, 0.15) is 36.3 Å². The van der Waals surface area contributed by atoms with Gasteiger partial charge < -0.3 is 14.8 Å². The monoisotopic (exact) mass is 392 g/mol. The Morgan fingerprint density at radius 3 is 3.15 bits per heavy atom. The Labute approximate surface area is 160 Å². The van der Waals surface area contributed by atoms with Crippen molar-refractivity contribution in [3.8, 4) is 5.88 Å². The highest BCUT2D eigenvalue weighted by Gasteiger charge is 2.49. The van der Waals surface area contributed by atoms with Crippen LogP contribution in [0.5, 0.6) is 5.88 Å². The maximum Gasteiger partial charge on any atom is 0.230 e. The average Bonchev–Trinajstić information content (AvgIpc) is 3.25. The van der Waals surface area contributed by atoms with Crippen LogP contribution in [-0.2, 0) is 28.3 Å². The number of ether oxygens (including phenoxy) is 2. The molecule has 0 radical (unpaired) electrons. The van der Waals surface area contributed by atoms with E-state index in [0.717, 1.165) is 17.5 Å². The topological polar surface area (TPSA) is 76.6 Å². The standard InChI is InChI=1S/C18H21FN4O3S/c1-10-6-18(13-4-5-20-16(25-3)12(13)8-26-18)9-23(10)7-14-15(19)22-17(27-14)21-11(2)24/h4-5,10H,6-9H2,1-3H3,(H,21,22,24)/t10-,18?/m0/s1. The smallest absolute Gasteiger partial charge is 0.230 e. The first-order valence-electron chi connectivity index (χ1n) is 8.75. The number of fused-ring (bicyclic) bond motifs is 2. The number of hydrogen-bond acceptors (Lipinski definition) is 7. The van der Waals surface area contributed by atoms with Gasteiger partial charge in [0.25, 0.3) is 0 Å². The predicted molar refractivity (Wildman–Crippen MR) is 98.1 cm³/mol. The fourth-order valence-electron chi connectivity index (χ4n) is 3.99. The van der Waals surface area contributed by atoms with Crippen molar-refractivity contribution in [3.05, 3.63) is 34.2 Å². The molecule has 2 aromatic rings. The number of nitrogens with one attached hydrogen (secondary N) is 1. The molecule has 1 amide bonds. The minimum Gasteiger partial charge on any atom is -0.481 e. The van der Waals surface area contributed by atoms with Crippen molar-refractivity contribution in [2.75, 3.05) is 19.0 Å². The van der Waals surface area contributed by atoms with Gasteiger partial charge in [-0.15, -0.1) is 0 Å². The molecule has 1 spiro atoms. The number of rotatable bonds is 4. The molecular formula is C18H21FN4O3S. The number of methoxy groups -OCH3 is 1. The fraction of sp³-hybridized carbons (Fsp3) is 0.500. The summed E-state index contributed by atoms with van der Waals surface area (Å²) in [6, 6.07) is 2.20. The van der Waals surface area contributed by atoms with E-state index in [2.05, 4.69) is 27.1 Å². The van der Waals surface area contributed by atoms with Gasteiger partial charge in [0.05, 0.1) is 18.6 Å². The molecule has 0 saturated carbocycles. The van der Waals surface area contributed by atoms with E-state index in [4.69, 9.17) is 9.47 Å². The molecule has 0 bridgehead atoms. The number of amides is 1. The van der Waals surface area contributed by atoms with Crippen LogP contribution in [0.25, 0.3) is 0 Å². The van der Waals surface area contributed by atoms with Crippen LogP contribution in [-0.4, -0.2) is 40.5 Å². The summed E-state index contributed by atoms with van der Waals surface area (Å²) < 4.78 is 25.8. The van der Waals surface area contributed by atoms with E-state index < -0.39 is 11.5 Å². The van der Waals surface area contributed by atoms with Crippen LogP contribution < -0.4 is 10.1 Å². The number of carbonyl (C=O) groups is 1. The Morgan fingerprint density at radius 1 is 1.59 bits per heavy atom. The van der Waals surface area contributed by atoms with E-state index in [0.29, 0.717) is 30.5 Å². The van der Waals surface area contributed by atoms with Gasteiger partial charge in [0.15, 0.2) is 5.13 Å². The number of anilines is 1. The van der Waals surface area contributed by atoms with Crippen LogP contribution in [0, 0.1) is 5.95 Å². The van der Waals surface area contributed by atoms with Crippen LogP contribution in [0.2, 0.25) is 0 Å². The molecule has 9 heteroatoms. The molecule has 1 saturated heterocycles. The summed E-state index contributed by atoms with van der Waals surface area (Å²) in [5.74, 6) is -0.193. The third-order valence-corrected chi connectivity index (χ3v) is 6.11. The SMILES string of the molecule is COc1nccc2c1COC21C[C@H](C)N(Cc2sc(NC(C)=O)nc2F)C1.